The molecule has 0 saturated carbocycles. The van der Waals surface area contributed by atoms with Gasteiger partial charge in [0.05, 0.1) is 12.9 Å². The van der Waals surface area contributed by atoms with Crippen molar-refractivity contribution >= 4 is 39.5 Å². The van der Waals surface area contributed by atoms with Crippen molar-refractivity contribution in [2.24, 2.45) is 0 Å². The maximum atomic E-state index is 12.7. The summed E-state index contributed by atoms with van der Waals surface area (Å²) in [5, 5.41) is 0. The average Bonchev–Trinajstić information content (AvgIpc) is 3.33. The molecule has 2 heterocycles. The van der Waals surface area contributed by atoms with Crippen LogP contribution >= 0.6 is 22.6 Å². The van der Waals surface area contributed by atoms with Gasteiger partial charge in [-0.1, -0.05) is 36.4 Å². The van der Waals surface area contributed by atoms with Gasteiger partial charge in [-0.05, 0) is 76.2 Å². The van der Waals surface area contributed by atoms with Crippen LogP contribution in [0.15, 0.2) is 91.4 Å². The molecule has 0 N–H and O–H groups in total. The molecule has 3 aromatic carbocycles. The van der Waals surface area contributed by atoms with E-state index >= 15 is 0 Å². The van der Waals surface area contributed by atoms with Crippen molar-refractivity contribution < 1.29 is 27.8 Å². The Hall–Kier alpha value is -4.06. The second-order valence-electron chi connectivity index (χ2n) is 8.54. The van der Waals surface area contributed by atoms with Crippen LogP contribution in [0.2, 0.25) is 0 Å². The van der Waals surface area contributed by atoms with Gasteiger partial charge in [0.1, 0.15) is 17.9 Å². The molecule has 5 aromatic rings. The lowest BCUT2D eigenvalue weighted by molar-refractivity contribution is -0.0498. The molecular weight excluding hydrogens is 619 g/mol. The second kappa shape index (κ2) is 12.2. The summed E-state index contributed by atoms with van der Waals surface area (Å²) in [6.45, 7) is -2.36. The number of fused-ring (bicyclic) bond motifs is 1. The number of carbonyl (C=O) groups is 1. The maximum absolute atomic E-state index is 12.7. The lowest BCUT2D eigenvalue weighted by Crippen LogP contribution is -2.12. The van der Waals surface area contributed by atoms with E-state index in [-0.39, 0.29) is 18.1 Å². The van der Waals surface area contributed by atoms with Crippen molar-refractivity contribution in [3.63, 3.8) is 0 Å². The molecule has 0 aliphatic carbocycles. The first-order chi connectivity index (χ1) is 18.9. The van der Waals surface area contributed by atoms with Crippen LogP contribution in [0, 0.1) is 3.57 Å². The predicted molar refractivity (Wildman–Crippen MR) is 149 cm³/mol. The summed E-state index contributed by atoms with van der Waals surface area (Å²) >= 11 is 2.20. The number of ketones is 1. The normalized spacial score (nSPS) is 11.1. The Morgan fingerprint density at radius 2 is 1.69 bits per heavy atom. The molecule has 0 fully saturated rings. The average molecular weight is 641 g/mol. The van der Waals surface area contributed by atoms with Gasteiger partial charge in [0.2, 0.25) is 0 Å². The molecule has 0 saturated heterocycles. The number of pyridine rings is 1. The van der Waals surface area contributed by atoms with Crippen molar-refractivity contribution in [3.8, 4) is 17.2 Å². The zero-order valence-corrected chi connectivity index (χ0v) is 22.6. The molecule has 0 atom stereocenters. The SMILES string of the molecule is O=C(COc1ccc(Cn2cnc3cc(I)cnc32)cc1OCc1ccccc1)c1ccc(OC(F)F)cc1. The third-order valence-electron chi connectivity index (χ3n) is 5.78. The zero-order valence-electron chi connectivity index (χ0n) is 20.5. The van der Waals surface area contributed by atoms with Gasteiger partial charge in [0, 0.05) is 15.3 Å². The Labute approximate surface area is 236 Å². The highest BCUT2D eigenvalue weighted by Crippen LogP contribution is 2.30. The van der Waals surface area contributed by atoms with Crippen LogP contribution in [-0.2, 0) is 13.2 Å². The molecule has 10 heteroatoms. The van der Waals surface area contributed by atoms with E-state index in [0.717, 1.165) is 25.9 Å². The minimum atomic E-state index is -2.93. The molecule has 0 radical (unpaired) electrons. The van der Waals surface area contributed by atoms with Crippen molar-refractivity contribution in [1.29, 1.82) is 0 Å². The number of hydrogen-bond acceptors (Lipinski definition) is 6. The van der Waals surface area contributed by atoms with E-state index in [9.17, 15) is 13.6 Å². The van der Waals surface area contributed by atoms with E-state index in [1.807, 2.05) is 53.1 Å². The molecule has 0 aliphatic heterocycles. The molecule has 39 heavy (non-hydrogen) atoms. The summed E-state index contributed by atoms with van der Waals surface area (Å²) in [6, 6.07) is 22.7. The fourth-order valence-corrected chi connectivity index (χ4v) is 4.34. The fourth-order valence-electron chi connectivity index (χ4n) is 3.90. The predicted octanol–water partition coefficient (Wildman–Crippen LogP) is 6.53. The topological polar surface area (TPSA) is 75.5 Å². The third-order valence-corrected chi connectivity index (χ3v) is 6.37. The first-order valence-corrected chi connectivity index (χ1v) is 13.0. The van der Waals surface area contributed by atoms with Gasteiger partial charge in [0.15, 0.2) is 29.5 Å². The summed E-state index contributed by atoms with van der Waals surface area (Å²) in [4.78, 5) is 21.6. The molecule has 0 bridgehead atoms. The summed E-state index contributed by atoms with van der Waals surface area (Å²) in [5.74, 6) is 0.549. The van der Waals surface area contributed by atoms with Crippen molar-refractivity contribution in [2.45, 2.75) is 19.8 Å². The summed E-state index contributed by atoms with van der Waals surface area (Å²) in [5.41, 5.74) is 3.82. The first-order valence-electron chi connectivity index (χ1n) is 11.9. The number of ether oxygens (including phenoxy) is 3. The molecule has 0 aliphatic rings. The highest BCUT2D eigenvalue weighted by Gasteiger charge is 2.14. The molecule has 2 aromatic heterocycles. The summed E-state index contributed by atoms with van der Waals surface area (Å²) < 4.78 is 44.0. The van der Waals surface area contributed by atoms with Gasteiger partial charge in [-0.25, -0.2) is 9.97 Å². The Kier molecular flexibility index (Phi) is 8.30. The van der Waals surface area contributed by atoms with Crippen LogP contribution in [0.5, 0.6) is 17.2 Å². The Balaban J connectivity index is 1.33. The number of imidazole rings is 1. The second-order valence-corrected chi connectivity index (χ2v) is 9.78. The van der Waals surface area contributed by atoms with E-state index in [2.05, 4.69) is 37.3 Å². The van der Waals surface area contributed by atoms with Gasteiger partial charge < -0.3 is 18.8 Å². The smallest absolute Gasteiger partial charge is 0.387 e. The lowest BCUT2D eigenvalue weighted by Gasteiger charge is -2.15. The van der Waals surface area contributed by atoms with Crippen LogP contribution in [0.25, 0.3) is 11.2 Å². The van der Waals surface area contributed by atoms with Gasteiger partial charge in [0.25, 0.3) is 0 Å². The molecular formula is C29H22F2IN3O4. The fraction of sp³-hybridized carbons (Fsp3) is 0.138. The quantitative estimate of drug-likeness (QED) is 0.121. The van der Waals surface area contributed by atoms with Crippen LogP contribution in [0.4, 0.5) is 8.78 Å². The molecule has 198 valence electrons. The standard InChI is InChI=1S/C29H22F2IN3O4/c30-29(31)39-23-9-7-21(8-10-23)25(36)17-38-26-11-6-20(12-27(26)37-16-19-4-2-1-3-5-19)15-35-18-34-24-13-22(32)14-33-28(24)35/h1-14,18,29H,15-17H2. The van der Waals surface area contributed by atoms with Crippen LogP contribution < -0.4 is 14.2 Å². The van der Waals surface area contributed by atoms with E-state index in [0.29, 0.717) is 30.2 Å². The molecule has 5 rings (SSSR count). The van der Waals surface area contributed by atoms with Crippen molar-refractivity contribution in [3.05, 3.63) is 112 Å². The number of alkyl halides is 2. The number of carbonyl (C=O) groups excluding carboxylic acids is 1. The lowest BCUT2D eigenvalue weighted by atomic mass is 10.1. The number of Topliss-reactive ketones (excluding diaryl/α,β-unsaturated/α-hetero) is 1. The largest absolute Gasteiger partial charge is 0.485 e. The van der Waals surface area contributed by atoms with Crippen molar-refractivity contribution in [1.82, 2.24) is 14.5 Å². The summed E-state index contributed by atoms with van der Waals surface area (Å²) in [7, 11) is 0. The maximum Gasteiger partial charge on any atom is 0.387 e. The Morgan fingerprint density at radius 3 is 2.46 bits per heavy atom. The number of benzene rings is 3. The minimum absolute atomic E-state index is 0.0229. The van der Waals surface area contributed by atoms with E-state index in [1.54, 1.807) is 18.6 Å². The highest BCUT2D eigenvalue weighted by atomic mass is 127. The van der Waals surface area contributed by atoms with Gasteiger partial charge >= 0.3 is 6.61 Å². The Bertz CT molecular complexity index is 1580. The molecule has 0 unspecified atom stereocenters. The Morgan fingerprint density at radius 1 is 0.897 bits per heavy atom. The minimum Gasteiger partial charge on any atom is -0.485 e. The molecule has 0 amide bonds. The van der Waals surface area contributed by atoms with E-state index in [4.69, 9.17) is 9.47 Å². The zero-order chi connectivity index (χ0) is 27.2. The summed E-state index contributed by atoms with van der Waals surface area (Å²) in [6.07, 6.45) is 3.54. The molecule has 0 spiro atoms. The number of aromatic nitrogens is 3. The van der Waals surface area contributed by atoms with Crippen LogP contribution in [0.1, 0.15) is 21.5 Å². The number of rotatable bonds is 11. The third kappa shape index (κ3) is 6.88. The van der Waals surface area contributed by atoms with E-state index in [1.165, 1.54) is 24.3 Å². The van der Waals surface area contributed by atoms with Crippen LogP contribution in [-0.4, -0.2) is 33.5 Å². The van der Waals surface area contributed by atoms with Gasteiger partial charge in [-0.2, -0.15) is 8.78 Å². The van der Waals surface area contributed by atoms with E-state index < -0.39 is 6.61 Å². The number of halogens is 3. The van der Waals surface area contributed by atoms with Crippen LogP contribution in [0.3, 0.4) is 0 Å². The van der Waals surface area contributed by atoms with Gasteiger partial charge in [-0.15, -0.1) is 0 Å². The first kappa shape index (κ1) is 26.5. The molecule has 7 nitrogen and oxygen atoms in total. The highest BCUT2D eigenvalue weighted by molar-refractivity contribution is 14.1. The van der Waals surface area contributed by atoms with Gasteiger partial charge in [-0.3, -0.25) is 4.79 Å². The van der Waals surface area contributed by atoms with Crippen molar-refractivity contribution in [2.75, 3.05) is 6.61 Å². The number of nitrogens with zero attached hydrogens (tertiary/aromatic N) is 3. The monoisotopic (exact) mass is 641 g/mol. The number of hydrogen-bond donors (Lipinski definition) is 0.